The Hall–Kier alpha value is -2.87. The number of aromatic hydroxyl groups is 1. The van der Waals surface area contributed by atoms with Gasteiger partial charge in [0.1, 0.15) is 11.3 Å². The molecule has 0 unspecified atom stereocenters. The van der Waals surface area contributed by atoms with E-state index in [1.54, 1.807) is 12.3 Å². The molecule has 2 aromatic carbocycles. The molecule has 0 bridgehead atoms. The number of aryl methyl sites for hydroxylation is 1. The molecular formula is C30H37BrN4O3. The van der Waals surface area contributed by atoms with Crippen molar-refractivity contribution in [3.8, 4) is 5.75 Å². The van der Waals surface area contributed by atoms with Crippen LogP contribution in [-0.2, 0) is 21.4 Å². The number of aromatic amines is 1. The van der Waals surface area contributed by atoms with Crippen LogP contribution in [0.25, 0.3) is 11.0 Å². The first-order chi connectivity index (χ1) is 18.2. The molecule has 0 radical (unpaired) electrons. The number of imidazole rings is 1. The summed E-state index contributed by atoms with van der Waals surface area (Å²) in [5.41, 5.74) is 5.41. The van der Waals surface area contributed by atoms with Gasteiger partial charge in [0.15, 0.2) is 0 Å². The van der Waals surface area contributed by atoms with Crippen molar-refractivity contribution in [2.24, 2.45) is 16.3 Å². The van der Waals surface area contributed by atoms with E-state index in [-0.39, 0.29) is 23.1 Å². The van der Waals surface area contributed by atoms with Crippen LogP contribution in [0.1, 0.15) is 70.1 Å². The van der Waals surface area contributed by atoms with Crippen LogP contribution in [0.3, 0.4) is 0 Å². The smallest absolute Gasteiger partial charge is 0.311 e. The molecule has 1 heterocycles. The van der Waals surface area contributed by atoms with E-state index in [9.17, 15) is 9.90 Å². The Bertz CT molecular complexity index is 1410. The van der Waals surface area contributed by atoms with E-state index in [1.807, 2.05) is 12.1 Å². The summed E-state index contributed by atoms with van der Waals surface area (Å²) in [4.78, 5) is 27.9. The molecule has 0 spiro atoms. The fraction of sp³-hybridized carbons (Fsp3) is 0.500. The summed E-state index contributed by atoms with van der Waals surface area (Å²) >= 11 is 3.77. The van der Waals surface area contributed by atoms with Gasteiger partial charge in [-0.1, -0.05) is 13.3 Å². The Morgan fingerprint density at radius 3 is 2.74 bits per heavy atom. The summed E-state index contributed by atoms with van der Waals surface area (Å²) in [6.07, 6.45) is 6.34. The molecule has 38 heavy (non-hydrogen) atoms. The number of rotatable bonds is 6. The number of phenols is 1. The molecule has 0 aliphatic heterocycles. The highest BCUT2D eigenvalue weighted by molar-refractivity contribution is 9.10. The van der Waals surface area contributed by atoms with Crippen LogP contribution in [0.4, 0.5) is 11.6 Å². The van der Waals surface area contributed by atoms with E-state index in [2.05, 4.69) is 64.6 Å². The number of hydrogen-bond acceptors (Lipinski definition) is 6. The van der Waals surface area contributed by atoms with Crippen LogP contribution < -0.4 is 4.90 Å². The molecule has 1 aromatic heterocycles. The van der Waals surface area contributed by atoms with Crippen LogP contribution in [-0.4, -0.2) is 47.5 Å². The van der Waals surface area contributed by atoms with E-state index < -0.39 is 5.41 Å². The second-order valence-electron chi connectivity index (χ2n) is 11.1. The largest absolute Gasteiger partial charge is 0.507 e. The minimum absolute atomic E-state index is 0.0939. The van der Waals surface area contributed by atoms with Gasteiger partial charge in [-0.25, -0.2) is 9.98 Å². The lowest BCUT2D eigenvalue weighted by molar-refractivity contribution is -0.161. The molecule has 1 saturated carbocycles. The summed E-state index contributed by atoms with van der Waals surface area (Å²) in [5.74, 6) is 0.814. The van der Waals surface area contributed by atoms with Crippen molar-refractivity contribution in [2.45, 2.75) is 65.2 Å². The molecule has 8 heteroatoms. The van der Waals surface area contributed by atoms with E-state index in [4.69, 9.17) is 9.72 Å². The average molecular weight is 582 g/mol. The van der Waals surface area contributed by atoms with Crippen molar-refractivity contribution in [3.05, 3.63) is 45.4 Å². The third kappa shape index (κ3) is 4.21. The monoisotopic (exact) mass is 580 g/mol. The van der Waals surface area contributed by atoms with Crippen LogP contribution in [0.15, 0.2) is 33.7 Å². The third-order valence-corrected chi connectivity index (χ3v) is 9.77. The molecule has 5 rings (SSSR count). The number of esters is 1. The number of nitrogens with one attached hydrogen (secondary N) is 1. The summed E-state index contributed by atoms with van der Waals surface area (Å²) in [5, 5.41) is 10.6. The van der Waals surface area contributed by atoms with E-state index in [0.29, 0.717) is 11.5 Å². The first-order valence-electron chi connectivity index (χ1n) is 13.6. The molecule has 0 saturated heterocycles. The molecule has 7 nitrogen and oxygen atoms in total. The van der Waals surface area contributed by atoms with Gasteiger partial charge in [-0.2, -0.15) is 0 Å². The number of fused-ring (bicyclic) bond motifs is 5. The van der Waals surface area contributed by atoms with Crippen molar-refractivity contribution >= 4 is 50.8 Å². The van der Waals surface area contributed by atoms with Gasteiger partial charge in [-0.05, 0) is 103 Å². The number of hydrogen-bond donors (Lipinski definition) is 2. The van der Waals surface area contributed by atoms with Crippen molar-refractivity contribution in [1.29, 1.82) is 0 Å². The van der Waals surface area contributed by atoms with Crippen LogP contribution in [0.2, 0.25) is 0 Å². The highest BCUT2D eigenvalue weighted by atomic mass is 79.9. The maximum absolute atomic E-state index is 12.9. The zero-order valence-corrected chi connectivity index (χ0v) is 24.5. The van der Waals surface area contributed by atoms with Gasteiger partial charge in [0, 0.05) is 41.1 Å². The molecule has 2 aliphatic carbocycles. The molecular weight excluding hydrogens is 544 g/mol. The fourth-order valence-corrected chi connectivity index (χ4v) is 7.67. The number of aromatic nitrogens is 2. The summed E-state index contributed by atoms with van der Waals surface area (Å²) in [6.45, 7) is 10.4. The Morgan fingerprint density at radius 1 is 1.29 bits per heavy atom. The fourth-order valence-electron chi connectivity index (χ4n) is 7.16. The number of carbonyl (C=O) groups is 1. The Kier molecular flexibility index (Phi) is 7.05. The van der Waals surface area contributed by atoms with Crippen molar-refractivity contribution in [2.75, 3.05) is 25.1 Å². The second-order valence-corrected chi connectivity index (χ2v) is 12.0. The summed E-state index contributed by atoms with van der Waals surface area (Å²) < 4.78 is 6.19. The molecule has 202 valence electrons. The molecule has 0 amide bonds. The number of halogens is 1. The molecule has 3 atom stereocenters. The standard InChI is InChI=1S/C30H37BrN4O3/c1-6-35(7-2)19-10-9-18(23(36)15-19)17-32-28-33-25-20-11-12-24-29(3,21(20)16-22(31)26(25)34-28)13-8-14-30(24,4)27(37)38-5/h9-10,15-17,24,36H,6-8,11-14H2,1-5H3,(H,33,34)/t24-,29-,30-/m1/s1. The third-order valence-electron chi connectivity index (χ3n) is 9.16. The Balaban J connectivity index is 1.50. The summed E-state index contributed by atoms with van der Waals surface area (Å²) in [6, 6.07) is 7.88. The van der Waals surface area contributed by atoms with Crippen LogP contribution >= 0.6 is 15.9 Å². The van der Waals surface area contributed by atoms with Gasteiger partial charge in [0.05, 0.1) is 18.0 Å². The number of benzene rings is 2. The molecule has 2 aliphatic rings. The van der Waals surface area contributed by atoms with E-state index in [0.717, 1.165) is 66.4 Å². The summed E-state index contributed by atoms with van der Waals surface area (Å²) in [7, 11) is 1.50. The average Bonchev–Trinajstić information content (AvgIpc) is 3.34. The quantitative estimate of drug-likeness (QED) is 0.247. The number of anilines is 1. The first-order valence-corrected chi connectivity index (χ1v) is 14.4. The van der Waals surface area contributed by atoms with Gasteiger partial charge in [0.25, 0.3) is 0 Å². The number of phenolic OH excluding ortho intramolecular Hbond substituents is 1. The zero-order valence-electron chi connectivity index (χ0n) is 22.9. The van der Waals surface area contributed by atoms with Gasteiger partial charge in [-0.3, -0.25) is 4.79 Å². The number of nitrogens with zero attached hydrogens (tertiary/aromatic N) is 3. The predicted molar refractivity (Wildman–Crippen MR) is 156 cm³/mol. The van der Waals surface area contributed by atoms with E-state index in [1.165, 1.54) is 18.2 Å². The van der Waals surface area contributed by atoms with Gasteiger partial charge in [0.2, 0.25) is 5.95 Å². The Morgan fingerprint density at radius 2 is 2.05 bits per heavy atom. The first kappa shape index (κ1) is 26.7. The zero-order chi connectivity index (χ0) is 27.2. The highest BCUT2D eigenvalue weighted by Gasteiger charge is 2.56. The van der Waals surface area contributed by atoms with Gasteiger partial charge >= 0.3 is 5.97 Å². The molecule has 2 N–H and O–H groups in total. The lowest BCUT2D eigenvalue weighted by Gasteiger charge is -2.54. The minimum atomic E-state index is -0.479. The van der Waals surface area contributed by atoms with Crippen molar-refractivity contribution in [3.63, 3.8) is 0 Å². The lowest BCUT2D eigenvalue weighted by Crippen LogP contribution is -2.52. The number of carbonyl (C=O) groups excluding carboxylic acids is 1. The lowest BCUT2D eigenvalue weighted by atomic mass is 9.50. The second kappa shape index (κ2) is 10.0. The van der Waals surface area contributed by atoms with Gasteiger partial charge in [-0.15, -0.1) is 0 Å². The Labute approximate surface area is 232 Å². The maximum Gasteiger partial charge on any atom is 0.311 e. The molecule has 3 aromatic rings. The van der Waals surface area contributed by atoms with Crippen LogP contribution in [0, 0.1) is 11.3 Å². The number of ether oxygens (including phenoxy) is 1. The number of aliphatic imine (C=N–C) groups is 1. The van der Waals surface area contributed by atoms with E-state index >= 15 is 0 Å². The normalized spacial score (nSPS) is 24.8. The number of methoxy groups -OCH3 is 1. The maximum atomic E-state index is 12.9. The van der Waals surface area contributed by atoms with Gasteiger partial charge < -0.3 is 19.7 Å². The minimum Gasteiger partial charge on any atom is -0.507 e. The van der Waals surface area contributed by atoms with Crippen LogP contribution in [0.5, 0.6) is 5.75 Å². The van der Waals surface area contributed by atoms with Crippen molar-refractivity contribution in [1.82, 2.24) is 9.97 Å². The predicted octanol–water partition coefficient (Wildman–Crippen LogP) is 6.81. The SMILES string of the molecule is CCN(CC)c1ccc(C=Nc2nc3c(Br)cc4c(c3[nH]2)CC[C@H]2[C@](C)(C(=O)OC)CCC[C@]42C)c(O)c1. The number of H-pyrrole nitrogens is 1. The molecule has 1 fully saturated rings. The topological polar surface area (TPSA) is 90.8 Å². The highest BCUT2D eigenvalue weighted by Crippen LogP contribution is 2.58. The van der Waals surface area contributed by atoms with Crippen molar-refractivity contribution < 1.29 is 14.6 Å².